The lowest BCUT2D eigenvalue weighted by molar-refractivity contribution is 0.135. The molecule has 2 atom stereocenters. The van der Waals surface area contributed by atoms with E-state index in [0.717, 1.165) is 11.3 Å². The van der Waals surface area contributed by atoms with Crippen LogP contribution in [0.5, 0.6) is 5.75 Å². The van der Waals surface area contributed by atoms with Gasteiger partial charge in [0, 0.05) is 12.7 Å². The van der Waals surface area contributed by atoms with E-state index in [1.165, 1.54) is 0 Å². The number of rotatable bonds is 4. The number of para-hydroxylation sites is 1. The van der Waals surface area contributed by atoms with Gasteiger partial charge in [0.05, 0.1) is 6.61 Å². The molecule has 2 aromatic rings. The second kappa shape index (κ2) is 4.88. The number of benzene rings is 1. The first-order valence-corrected chi connectivity index (χ1v) is 6.45. The summed E-state index contributed by atoms with van der Waals surface area (Å²) in [5, 5.41) is 3.98. The van der Waals surface area contributed by atoms with Crippen LogP contribution in [-0.2, 0) is 10.3 Å². The Hall–Kier alpha value is -1.92. The van der Waals surface area contributed by atoms with Crippen molar-refractivity contribution in [2.45, 2.75) is 18.4 Å². The standard InChI is InChI=1S/C14H17N3O3/c1-14(15,8-18-2)13-16-12(20-17-13)10-7-19-11-6-4-3-5-9(10)11/h3-6,10H,7-8,15H2,1-2H3. The van der Waals surface area contributed by atoms with Crippen molar-refractivity contribution in [3.05, 3.63) is 41.5 Å². The van der Waals surface area contributed by atoms with Crippen LogP contribution in [-0.4, -0.2) is 30.5 Å². The molecule has 0 saturated carbocycles. The van der Waals surface area contributed by atoms with E-state index in [0.29, 0.717) is 24.9 Å². The van der Waals surface area contributed by atoms with Crippen molar-refractivity contribution in [2.24, 2.45) is 5.73 Å². The Morgan fingerprint density at radius 1 is 1.45 bits per heavy atom. The fourth-order valence-corrected chi connectivity index (χ4v) is 2.34. The third-order valence-corrected chi connectivity index (χ3v) is 3.39. The van der Waals surface area contributed by atoms with Crippen LogP contribution in [0.15, 0.2) is 28.8 Å². The van der Waals surface area contributed by atoms with Crippen molar-refractivity contribution < 1.29 is 14.0 Å². The summed E-state index contributed by atoms with van der Waals surface area (Å²) < 4.78 is 16.1. The summed E-state index contributed by atoms with van der Waals surface area (Å²) in [7, 11) is 1.59. The zero-order chi connectivity index (χ0) is 14.2. The largest absolute Gasteiger partial charge is 0.492 e. The van der Waals surface area contributed by atoms with Crippen molar-refractivity contribution in [2.75, 3.05) is 20.3 Å². The van der Waals surface area contributed by atoms with Crippen LogP contribution in [0.25, 0.3) is 0 Å². The maximum absolute atomic E-state index is 6.11. The van der Waals surface area contributed by atoms with E-state index in [9.17, 15) is 0 Å². The van der Waals surface area contributed by atoms with Gasteiger partial charge < -0.3 is 19.7 Å². The molecule has 0 radical (unpaired) electrons. The second-order valence-corrected chi connectivity index (χ2v) is 5.21. The Balaban J connectivity index is 1.89. The molecule has 0 aliphatic carbocycles. The Bertz CT molecular complexity index is 609. The SMILES string of the molecule is COCC(C)(N)c1noc(C2COc3ccccc32)n1. The molecule has 20 heavy (non-hydrogen) atoms. The maximum Gasteiger partial charge on any atom is 0.237 e. The van der Waals surface area contributed by atoms with Gasteiger partial charge in [-0.05, 0) is 13.0 Å². The molecule has 2 unspecified atom stereocenters. The molecule has 0 spiro atoms. The van der Waals surface area contributed by atoms with E-state index in [1.807, 2.05) is 31.2 Å². The molecule has 0 amide bonds. The maximum atomic E-state index is 6.11. The van der Waals surface area contributed by atoms with Crippen LogP contribution in [0.3, 0.4) is 0 Å². The first-order valence-electron chi connectivity index (χ1n) is 6.45. The number of hydrogen-bond acceptors (Lipinski definition) is 6. The molecule has 2 N–H and O–H groups in total. The lowest BCUT2D eigenvalue weighted by Crippen LogP contribution is -2.39. The predicted octanol–water partition coefficient (Wildman–Crippen LogP) is 1.41. The number of ether oxygens (including phenoxy) is 2. The summed E-state index contributed by atoms with van der Waals surface area (Å²) in [4.78, 5) is 4.42. The van der Waals surface area contributed by atoms with Gasteiger partial charge in [-0.15, -0.1) is 0 Å². The van der Waals surface area contributed by atoms with Crippen molar-refractivity contribution in [1.82, 2.24) is 10.1 Å². The number of fused-ring (bicyclic) bond motifs is 1. The van der Waals surface area contributed by atoms with Gasteiger partial charge in [-0.3, -0.25) is 0 Å². The molecule has 6 heteroatoms. The Kier molecular flexibility index (Phi) is 3.19. The third-order valence-electron chi connectivity index (χ3n) is 3.39. The van der Waals surface area contributed by atoms with Crippen LogP contribution in [0.4, 0.5) is 0 Å². The molecule has 0 saturated heterocycles. The first-order chi connectivity index (χ1) is 9.62. The lowest BCUT2D eigenvalue weighted by Gasteiger charge is -2.18. The minimum Gasteiger partial charge on any atom is -0.492 e. The smallest absolute Gasteiger partial charge is 0.237 e. The molecule has 106 valence electrons. The van der Waals surface area contributed by atoms with Gasteiger partial charge >= 0.3 is 0 Å². The van der Waals surface area contributed by atoms with Crippen LogP contribution >= 0.6 is 0 Å². The minimum atomic E-state index is -0.768. The van der Waals surface area contributed by atoms with Gasteiger partial charge in [0.15, 0.2) is 5.82 Å². The Morgan fingerprint density at radius 3 is 3.05 bits per heavy atom. The van der Waals surface area contributed by atoms with Gasteiger partial charge in [-0.25, -0.2) is 0 Å². The monoisotopic (exact) mass is 275 g/mol. The molecule has 6 nitrogen and oxygen atoms in total. The third kappa shape index (κ3) is 2.17. The van der Waals surface area contributed by atoms with Crippen LogP contribution in [0.2, 0.25) is 0 Å². The Labute approximate surface area is 116 Å². The number of nitrogens with zero attached hydrogens (tertiary/aromatic N) is 2. The van der Waals surface area contributed by atoms with Crippen LogP contribution < -0.4 is 10.5 Å². The summed E-state index contributed by atoms with van der Waals surface area (Å²) >= 11 is 0. The van der Waals surface area contributed by atoms with Crippen LogP contribution in [0.1, 0.15) is 30.1 Å². The fraction of sp³-hybridized carbons (Fsp3) is 0.429. The molecule has 2 heterocycles. The van der Waals surface area contributed by atoms with Gasteiger partial charge in [-0.1, -0.05) is 23.4 Å². The first kappa shape index (κ1) is 13.1. The second-order valence-electron chi connectivity index (χ2n) is 5.21. The molecular weight excluding hydrogens is 258 g/mol. The molecule has 1 aliphatic heterocycles. The number of hydrogen-bond donors (Lipinski definition) is 1. The zero-order valence-corrected chi connectivity index (χ0v) is 11.5. The van der Waals surface area contributed by atoms with Crippen molar-refractivity contribution in [3.63, 3.8) is 0 Å². The molecule has 1 aromatic heterocycles. The fourth-order valence-electron chi connectivity index (χ4n) is 2.34. The van der Waals surface area contributed by atoms with E-state index in [2.05, 4.69) is 10.1 Å². The summed E-state index contributed by atoms with van der Waals surface area (Å²) in [6.45, 7) is 2.64. The zero-order valence-electron chi connectivity index (χ0n) is 11.5. The number of aromatic nitrogens is 2. The number of methoxy groups -OCH3 is 1. The highest BCUT2D eigenvalue weighted by Gasteiger charge is 2.33. The van der Waals surface area contributed by atoms with E-state index < -0.39 is 5.54 Å². The van der Waals surface area contributed by atoms with E-state index in [1.54, 1.807) is 7.11 Å². The topological polar surface area (TPSA) is 83.4 Å². The predicted molar refractivity (Wildman–Crippen MR) is 71.5 cm³/mol. The van der Waals surface area contributed by atoms with Gasteiger partial charge in [0.1, 0.15) is 23.8 Å². The Morgan fingerprint density at radius 2 is 2.25 bits per heavy atom. The van der Waals surface area contributed by atoms with Crippen molar-refractivity contribution >= 4 is 0 Å². The molecule has 0 fully saturated rings. The van der Waals surface area contributed by atoms with Crippen LogP contribution in [0, 0.1) is 0 Å². The van der Waals surface area contributed by atoms with Gasteiger partial charge in [0.25, 0.3) is 0 Å². The summed E-state index contributed by atoms with van der Waals surface area (Å²) in [6, 6.07) is 7.85. The average Bonchev–Trinajstić information content (AvgIpc) is 3.05. The highest BCUT2D eigenvalue weighted by atomic mass is 16.5. The minimum absolute atomic E-state index is 0.0363. The van der Waals surface area contributed by atoms with Crippen molar-refractivity contribution in [3.8, 4) is 5.75 Å². The number of nitrogens with two attached hydrogens (primary N) is 1. The lowest BCUT2D eigenvalue weighted by atomic mass is 10.0. The average molecular weight is 275 g/mol. The highest BCUT2D eigenvalue weighted by Crippen LogP contribution is 2.37. The normalized spacial score (nSPS) is 20.2. The van der Waals surface area contributed by atoms with E-state index in [-0.39, 0.29) is 5.92 Å². The quantitative estimate of drug-likeness (QED) is 0.908. The molecule has 3 rings (SSSR count). The van der Waals surface area contributed by atoms with Gasteiger partial charge in [-0.2, -0.15) is 4.98 Å². The molecule has 1 aromatic carbocycles. The highest BCUT2D eigenvalue weighted by molar-refractivity contribution is 5.42. The summed E-state index contributed by atoms with van der Waals surface area (Å²) in [5.74, 6) is 1.80. The molecule has 1 aliphatic rings. The van der Waals surface area contributed by atoms with E-state index >= 15 is 0 Å². The summed E-state index contributed by atoms with van der Waals surface area (Å²) in [5.41, 5.74) is 6.41. The van der Waals surface area contributed by atoms with E-state index in [4.69, 9.17) is 19.7 Å². The van der Waals surface area contributed by atoms with Crippen molar-refractivity contribution in [1.29, 1.82) is 0 Å². The molecular formula is C14H17N3O3. The summed E-state index contributed by atoms with van der Waals surface area (Å²) in [6.07, 6.45) is 0. The van der Waals surface area contributed by atoms with Gasteiger partial charge in [0.2, 0.25) is 5.89 Å². The molecule has 0 bridgehead atoms.